The van der Waals surface area contributed by atoms with E-state index in [1.165, 1.54) is 0 Å². The molecule has 0 atom stereocenters. The Morgan fingerprint density at radius 2 is 2.00 bits per heavy atom. The summed E-state index contributed by atoms with van der Waals surface area (Å²) in [5.41, 5.74) is 0. The number of hydrogen-bond donors (Lipinski definition) is 0. The topological polar surface area (TPSA) is 0 Å². The van der Waals surface area contributed by atoms with E-state index in [0.29, 0.717) is 0 Å². The molecule has 0 amide bonds. The number of rotatable bonds is 0. The van der Waals surface area contributed by atoms with Crippen molar-refractivity contribution in [3.63, 3.8) is 0 Å². The number of terminal acetylenes is 1. The Hall–Kier alpha value is 1.06. The summed E-state index contributed by atoms with van der Waals surface area (Å²) in [4.78, 5) is 0. The molecule has 4 heavy (non-hydrogen) atoms. The Kier molecular flexibility index (Phi) is 20.0. The van der Waals surface area contributed by atoms with Crippen molar-refractivity contribution in [1.82, 2.24) is 0 Å². The summed E-state index contributed by atoms with van der Waals surface area (Å²) in [7, 11) is 0. The third kappa shape index (κ3) is 11.6. The van der Waals surface area contributed by atoms with Gasteiger partial charge in [-0.2, -0.15) is 0 Å². The van der Waals surface area contributed by atoms with Crippen molar-refractivity contribution in [3.05, 3.63) is 0 Å². The van der Waals surface area contributed by atoms with E-state index < -0.39 is 0 Å². The summed E-state index contributed by atoms with van der Waals surface area (Å²) >= 11 is 1.82. The first-order valence-corrected chi connectivity index (χ1v) is 1.56. The second-order valence-electron chi connectivity index (χ2n) is 0.109. The maximum Gasteiger partial charge on any atom is 2.00 e. The molecule has 0 saturated heterocycles. The molecule has 0 nitrogen and oxygen atoms in total. The molecule has 0 aromatic heterocycles. The molecule has 0 bridgehead atoms. The van der Waals surface area contributed by atoms with Gasteiger partial charge in [-0.25, -0.2) is 0 Å². The van der Waals surface area contributed by atoms with Crippen LogP contribution in [0.5, 0.6) is 0 Å². The molecule has 0 fully saturated rings. The minimum atomic E-state index is 0. The van der Waals surface area contributed by atoms with Crippen molar-refractivity contribution in [2.24, 2.45) is 0 Å². The third-order valence-electron chi connectivity index (χ3n) is 0. The van der Waals surface area contributed by atoms with Crippen LogP contribution in [0.15, 0.2) is 0 Å². The van der Waals surface area contributed by atoms with Gasteiger partial charge in [0.1, 0.15) is 0 Å². The second kappa shape index (κ2) is 8.96. The molecular formula is C2H3IMg. The number of hydrogen-bond acceptors (Lipinski definition) is 0. The zero-order chi connectivity index (χ0) is 2.71. The summed E-state index contributed by atoms with van der Waals surface area (Å²) in [6.45, 7) is 0. The molecule has 0 spiro atoms. The Morgan fingerprint density at radius 1 is 2.00 bits per heavy atom. The molecule has 0 aliphatic heterocycles. The fraction of sp³-hybridized carbons (Fsp3) is 0. The standard InChI is InChI=1S/C2HI.Mg.2H/c1-2-3;;;/h1H;;;/q;+2;2*-1. The predicted molar refractivity (Wildman–Crippen MR) is 30.8 cm³/mol. The molecule has 0 rings (SSSR count). The Labute approximate surface area is 58.6 Å². The fourth-order valence-corrected chi connectivity index (χ4v) is 0. The molecule has 0 saturated carbocycles. The normalized spacial score (nSPS) is 2.00. The number of halogens is 1. The largest absolute Gasteiger partial charge is 2.00 e. The maximum absolute atomic E-state index is 4.58. The Balaban J connectivity index is -0.00000000667. The van der Waals surface area contributed by atoms with Crippen molar-refractivity contribution in [2.75, 3.05) is 0 Å². The predicted octanol–water partition coefficient (Wildman–Crippen LogP) is 0.856. The summed E-state index contributed by atoms with van der Waals surface area (Å²) in [6.07, 6.45) is 4.58. The van der Waals surface area contributed by atoms with Crippen LogP contribution in [0.1, 0.15) is 2.85 Å². The molecule has 0 aromatic carbocycles. The average molecular weight is 178 g/mol. The van der Waals surface area contributed by atoms with E-state index in [1.807, 2.05) is 22.6 Å². The van der Waals surface area contributed by atoms with Gasteiger partial charge in [-0.15, -0.1) is 6.42 Å². The maximum atomic E-state index is 4.58. The van der Waals surface area contributed by atoms with E-state index in [-0.39, 0.29) is 25.9 Å². The quantitative estimate of drug-likeness (QED) is 0.293. The molecule has 0 aromatic rings. The van der Waals surface area contributed by atoms with Crippen molar-refractivity contribution < 1.29 is 2.85 Å². The van der Waals surface area contributed by atoms with Gasteiger partial charge in [-0.05, 0) is 3.93 Å². The van der Waals surface area contributed by atoms with Crippen LogP contribution in [-0.2, 0) is 0 Å². The minimum Gasteiger partial charge on any atom is -1.00 e. The summed E-state index contributed by atoms with van der Waals surface area (Å²) in [5, 5.41) is 0. The summed E-state index contributed by atoms with van der Waals surface area (Å²) in [6, 6.07) is 0. The van der Waals surface area contributed by atoms with Crippen LogP contribution in [0.3, 0.4) is 0 Å². The SMILES string of the molecule is C#CI.[H-].[H-].[Mg+2]. The molecule has 2 heteroatoms. The third-order valence-corrected chi connectivity index (χ3v) is 0. The molecule has 0 aliphatic rings. The fourth-order valence-electron chi connectivity index (χ4n) is 0. The van der Waals surface area contributed by atoms with Crippen LogP contribution in [0, 0.1) is 10.4 Å². The van der Waals surface area contributed by atoms with Gasteiger partial charge in [0, 0.05) is 22.6 Å². The van der Waals surface area contributed by atoms with Gasteiger partial charge in [-0.1, -0.05) is 0 Å². The van der Waals surface area contributed by atoms with Crippen molar-refractivity contribution in [3.8, 4) is 10.4 Å². The van der Waals surface area contributed by atoms with Gasteiger partial charge in [0.25, 0.3) is 0 Å². The van der Waals surface area contributed by atoms with Crippen molar-refractivity contribution >= 4 is 45.6 Å². The van der Waals surface area contributed by atoms with Gasteiger partial charge in [-0.3, -0.25) is 0 Å². The Morgan fingerprint density at radius 3 is 2.00 bits per heavy atom. The van der Waals surface area contributed by atoms with Crippen molar-refractivity contribution in [1.29, 1.82) is 0 Å². The first-order valence-electron chi connectivity index (χ1n) is 0.478. The molecule has 20 valence electrons. The van der Waals surface area contributed by atoms with Crippen molar-refractivity contribution in [2.45, 2.75) is 0 Å². The van der Waals surface area contributed by atoms with Gasteiger partial charge >= 0.3 is 23.1 Å². The van der Waals surface area contributed by atoms with Crippen LogP contribution in [0.25, 0.3) is 0 Å². The average Bonchev–Trinajstić information content (AvgIpc) is 0.918. The first kappa shape index (κ1) is 8.91. The summed E-state index contributed by atoms with van der Waals surface area (Å²) < 4.78 is 2.22. The Bertz CT molecular complexity index is 33.0. The van der Waals surface area contributed by atoms with Crippen LogP contribution in [-0.4, -0.2) is 23.1 Å². The van der Waals surface area contributed by atoms with E-state index in [9.17, 15) is 0 Å². The van der Waals surface area contributed by atoms with Gasteiger partial charge < -0.3 is 2.85 Å². The van der Waals surface area contributed by atoms with Gasteiger partial charge in [0.15, 0.2) is 0 Å². The van der Waals surface area contributed by atoms with E-state index in [0.717, 1.165) is 0 Å². The molecule has 0 aliphatic carbocycles. The molecule has 0 radical (unpaired) electrons. The zero-order valence-electron chi connectivity index (χ0n) is 4.16. The van der Waals surface area contributed by atoms with E-state index >= 15 is 0 Å². The van der Waals surface area contributed by atoms with Gasteiger partial charge in [0.2, 0.25) is 0 Å². The van der Waals surface area contributed by atoms with E-state index in [2.05, 4.69) is 10.4 Å². The minimum absolute atomic E-state index is 0. The van der Waals surface area contributed by atoms with Crippen LogP contribution in [0.2, 0.25) is 0 Å². The second-order valence-corrected chi connectivity index (χ2v) is 0.732. The smallest absolute Gasteiger partial charge is 1.00 e. The molecule has 0 N–H and O–H groups in total. The zero-order valence-corrected chi connectivity index (χ0v) is 5.73. The molecule has 0 heterocycles. The van der Waals surface area contributed by atoms with Gasteiger partial charge in [0.05, 0.1) is 0 Å². The monoisotopic (exact) mass is 178 g/mol. The van der Waals surface area contributed by atoms with E-state index in [4.69, 9.17) is 0 Å². The van der Waals surface area contributed by atoms with Crippen LogP contribution < -0.4 is 0 Å². The van der Waals surface area contributed by atoms with E-state index in [1.54, 1.807) is 0 Å². The van der Waals surface area contributed by atoms with Crippen LogP contribution in [0.4, 0.5) is 0 Å². The summed E-state index contributed by atoms with van der Waals surface area (Å²) in [5.74, 6) is 0. The molecule has 0 unspecified atom stereocenters. The first-order chi connectivity index (χ1) is 1.41. The molecular weight excluding hydrogens is 175 g/mol. The van der Waals surface area contributed by atoms with Crippen LogP contribution >= 0.6 is 22.6 Å².